The molecule has 1 atom stereocenters. The van der Waals surface area contributed by atoms with Gasteiger partial charge in [-0.3, -0.25) is 14.9 Å². The Bertz CT molecular complexity index is 1830. The van der Waals surface area contributed by atoms with Crippen LogP contribution < -0.4 is 10.2 Å². The fraction of sp³-hybridized carbons (Fsp3) is 0.344. The van der Waals surface area contributed by atoms with Crippen LogP contribution in [0.1, 0.15) is 46.2 Å². The zero-order chi connectivity index (χ0) is 30.9. The highest BCUT2D eigenvalue weighted by Gasteiger charge is 2.49. The predicted molar refractivity (Wildman–Crippen MR) is 165 cm³/mol. The van der Waals surface area contributed by atoms with Crippen LogP contribution >= 0.6 is 11.3 Å². The number of anilines is 2. The third-order valence-electron chi connectivity index (χ3n) is 9.62. The van der Waals surface area contributed by atoms with Gasteiger partial charge in [-0.05, 0) is 54.7 Å². The van der Waals surface area contributed by atoms with Crippen LogP contribution in [0.25, 0.3) is 11.1 Å². The molecule has 2 saturated heterocycles. The molecule has 0 bridgehead atoms. The molecule has 8 rings (SSSR count). The average Bonchev–Trinajstić information content (AvgIpc) is 3.84. The van der Waals surface area contributed by atoms with E-state index in [-0.39, 0.29) is 23.1 Å². The van der Waals surface area contributed by atoms with E-state index in [0.717, 1.165) is 55.8 Å². The summed E-state index contributed by atoms with van der Waals surface area (Å²) in [4.78, 5) is 52.8. The first-order valence-corrected chi connectivity index (χ1v) is 15.9. The van der Waals surface area contributed by atoms with Gasteiger partial charge >= 0.3 is 6.09 Å². The monoisotopic (exact) mass is 627 g/mol. The molecule has 2 N–H and O–H groups in total. The van der Waals surface area contributed by atoms with Gasteiger partial charge in [-0.25, -0.2) is 19.2 Å². The van der Waals surface area contributed by atoms with Crippen LogP contribution in [0.2, 0.25) is 0 Å². The summed E-state index contributed by atoms with van der Waals surface area (Å²) < 4.78 is 17.7. The minimum atomic E-state index is -1.03. The Morgan fingerprint density at radius 2 is 1.89 bits per heavy atom. The minimum Gasteiger partial charge on any atom is -0.465 e. The minimum absolute atomic E-state index is 0.0120. The zero-order valence-corrected chi connectivity index (χ0v) is 25.1. The largest absolute Gasteiger partial charge is 0.465 e. The van der Waals surface area contributed by atoms with Crippen LogP contribution in [0.15, 0.2) is 54.3 Å². The lowest BCUT2D eigenvalue weighted by Crippen LogP contribution is -2.58. The molecule has 2 fully saturated rings. The van der Waals surface area contributed by atoms with Gasteiger partial charge in [-0.2, -0.15) is 0 Å². The van der Waals surface area contributed by atoms with Crippen molar-refractivity contribution in [1.82, 2.24) is 24.3 Å². The van der Waals surface area contributed by atoms with Gasteiger partial charge < -0.3 is 24.4 Å². The smallest absolute Gasteiger partial charge is 0.407 e. The van der Waals surface area contributed by atoms with Crippen molar-refractivity contribution in [3.05, 3.63) is 82.6 Å². The van der Waals surface area contributed by atoms with E-state index < -0.39 is 29.8 Å². The maximum atomic E-state index is 15.7. The highest BCUT2D eigenvalue weighted by atomic mass is 32.1. The lowest BCUT2D eigenvalue weighted by molar-refractivity contribution is -0.121. The van der Waals surface area contributed by atoms with E-state index in [1.54, 1.807) is 24.0 Å². The van der Waals surface area contributed by atoms with Gasteiger partial charge in [0.25, 0.3) is 11.8 Å². The summed E-state index contributed by atoms with van der Waals surface area (Å²) in [6.07, 6.45) is 4.98. The second kappa shape index (κ2) is 10.4. The molecular formula is C32H30FN7O4S. The number of fused-ring (bicyclic) bond motifs is 2. The number of amides is 3. The molecule has 11 nitrogen and oxygen atoms in total. The molecule has 230 valence electrons. The Morgan fingerprint density at radius 3 is 2.62 bits per heavy atom. The number of benzene rings is 2. The van der Waals surface area contributed by atoms with Crippen molar-refractivity contribution in [1.29, 1.82) is 0 Å². The van der Waals surface area contributed by atoms with Crippen LogP contribution in [0.3, 0.4) is 0 Å². The standard InChI is InChI=1S/C32H30FN7O4S/c33-24-13-20(19-3-5-21(6-4-19)39-16-32(17-39)7-10-37(15-32)31(43)44)12-22-23(24)14-40(29(22)42)27(28(41)36-30-34-8-11-45-30)26-25-2-1-9-38(25)18-35-26/h3-6,8,11-13,18,27H,1-2,7,9-10,14-17H2,(H,43,44)(H,34,36,41). The Kier molecular flexibility index (Phi) is 6.41. The zero-order valence-electron chi connectivity index (χ0n) is 24.3. The molecular weight excluding hydrogens is 597 g/mol. The van der Waals surface area contributed by atoms with Crippen molar-refractivity contribution in [3.63, 3.8) is 0 Å². The maximum absolute atomic E-state index is 15.7. The Labute approximate surface area is 261 Å². The van der Waals surface area contributed by atoms with Gasteiger partial charge in [0.15, 0.2) is 11.2 Å². The first-order chi connectivity index (χ1) is 21.8. The van der Waals surface area contributed by atoms with Gasteiger partial charge in [-0.15, -0.1) is 11.3 Å². The molecule has 4 aliphatic rings. The molecule has 2 aromatic heterocycles. The number of carbonyl (C=O) groups excluding carboxylic acids is 2. The first kappa shape index (κ1) is 27.7. The number of hydrogen-bond acceptors (Lipinski definition) is 7. The summed E-state index contributed by atoms with van der Waals surface area (Å²) in [6, 6.07) is 9.90. The van der Waals surface area contributed by atoms with Crippen LogP contribution in [0.5, 0.6) is 0 Å². The fourth-order valence-electron chi connectivity index (χ4n) is 7.33. The van der Waals surface area contributed by atoms with E-state index in [1.165, 1.54) is 27.2 Å². The summed E-state index contributed by atoms with van der Waals surface area (Å²) in [5, 5.41) is 14.3. The number of aryl methyl sites for hydroxylation is 1. The predicted octanol–water partition coefficient (Wildman–Crippen LogP) is 4.62. The maximum Gasteiger partial charge on any atom is 0.407 e. The number of carboxylic acid groups (broad SMARTS) is 1. The number of halogens is 1. The summed E-state index contributed by atoms with van der Waals surface area (Å²) in [5.74, 6) is -1.35. The second-order valence-corrected chi connectivity index (χ2v) is 13.3. The van der Waals surface area contributed by atoms with Gasteiger partial charge in [-0.1, -0.05) is 12.1 Å². The van der Waals surface area contributed by atoms with Crippen molar-refractivity contribution in [2.75, 3.05) is 36.4 Å². The second-order valence-electron chi connectivity index (χ2n) is 12.4. The third-order valence-corrected chi connectivity index (χ3v) is 10.3. The SMILES string of the molecule is O=C(Nc1nccs1)C(c1ncn2c1CCC2)N1Cc2c(F)cc(-c3ccc(N4CC5(CCN(C(=O)O)C5)C4)cc3)cc2C1=O. The third kappa shape index (κ3) is 4.64. The van der Waals surface area contributed by atoms with Crippen LogP contribution in [0.4, 0.5) is 20.0 Å². The number of thiazole rings is 1. The highest BCUT2D eigenvalue weighted by molar-refractivity contribution is 7.13. The van der Waals surface area contributed by atoms with E-state index in [2.05, 4.69) is 20.2 Å². The number of nitrogens with zero attached hydrogens (tertiary/aromatic N) is 6. The number of rotatable bonds is 6. The van der Waals surface area contributed by atoms with Crippen molar-refractivity contribution < 1.29 is 23.9 Å². The number of nitrogens with one attached hydrogen (secondary N) is 1. The normalized spacial score (nSPS) is 18.7. The van der Waals surface area contributed by atoms with Gasteiger partial charge in [0.1, 0.15) is 5.82 Å². The highest BCUT2D eigenvalue weighted by Crippen LogP contribution is 2.43. The molecule has 0 aliphatic carbocycles. The fourth-order valence-corrected chi connectivity index (χ4v) is 7.86. The van der Waals surface area contributed by atoms with Crippen LogP contribution in [0, 0.1) is 11.2 Å². The molecule has 13 heteroatoms. The van der Waals surface area contributed by atoms with E-state index in [0.29, 0.717) is 29.5 Å². The molecule has 0 radical (unpaired) electrons. The van der Waals surface area contributed by atoms with Gasteiger partial charge in [0.2, 0.25) is 0 Å². The van der Waals surface area contributed by atoms with Crippen molar-refractivity contribution >= 4 is 40.1 Å². The van der Waals surface area contributed by atoms with Gasteiger partial charge in [0.05, 0.1) is 18.6 Å². The molecule has 2 aromatic carbocycles. The summed E-state index contributed by atoms with van der Waals surface area (Å²) in [5.41, 5.74) is 4.31. The van der Waals surface area contributed by atoms with E-state index >= 15 is 4.39 Å². The topological polar surface area (TPSA) is 124 Å². The van der Waals surface area contributed by atoms with Crippen molar-refractivity contribution in [2.45, 2.75) is 38.4 Å². The van der Waals surface area contributed by atoms with Crippen molar-refractivity contribution in [2.24, 2.45) is 5.41 Å². The quantitative estimate of drug-likeness (QED) is 0.320. The summed E-state index contributed by atoms with van der Waals surface area (Å²) in [7, 11) is 0. The van der Waals surface area contributed by atoms with E-state index in [4.69, 9.17) is 0 Å². The lowest BCUT2D eigenvalue weighted by Gasteiger charge is -2.49. The lowest BCUT2D eigenvalue weighted by atomic mass is 9.78. The first-order valence-electron chi connectivity index (χ1n) is 15.0. The molecule has 6 heterocycles. The van der Waals surface area contributed by atoms with Gasteiger partial charge in [0, 0.05) is 72.2 Å². The number of hydrogen-bond donors (Lipinski definition) is 2. The molecule has 45 heavy (non-hydrogen) atoms. The molecule has 3 amide bonds. The number of aromatic nitrogens is 3. The summed E-state index contributed by atoms with van der Waals surface area (Å²) in [6.45, 7) is 3.49. The number of carbonyl (C=O) groups is 3. The Balaban J connectivity index is 1.04. The van der Waals surface area contributed by atoms with Crippen LogP contribution in [-0.2, 0) is 24.3 Å². The summed E-state index contributed by atoms with van der Waals surface area (Å²) >= 11 is 1.28. The van der Waals surface area contributed by atoms with E-state index in [1.807, 2.05) is 28.8 Å². The molecule has 1 unspecified atom stereocenters. The molecule has 4 aliphatic heterocycles. The average molecular weight is 628 g/mol. The van der Waals surface area contributed by atoms with E-state index in [9.17, 15) is 19.5 Å². The molecule has 0 saturated carbocycles. The van der Waals surface area contributed by atoms with Crippen LogP contribution in [-0.4, -0.2) is 73.5 Å². The Hall–Kier alpha value is -4.78. The van der Waals surface area contributed by atoms with Crippen molar-refractivity contribution in [3.8, 4) is 11.1 Å². The number of likely N-dealkylation sites (tertiary alicyclic amines) is 1. The Morgan fingerprint density at radius 1 is 1.07 bits per heavy atom. The molecule has 1 spiro atoms. The number of imidazole rings is 1. The molecule has 4 aromatic rings.